The molecule has 0 unspecified atom stereocenters. The Kier molecular flexibility index (Phi) is 4.97. The van der Waals surface area contributed by atoms with Gasteiger partial charge in [-0.15, -0.1) is 0 Å². The fourth-order valence-electron chi connectivity index (χ4n) is 2.45. The number of imidazole rings is 1. The van der Waals surface area contributed by atoms with E-state index < -0.39 is 0 Å². The van der Waals surface area contributed by atoms with Crippen molar-refractivity contribution in [2.24, 2.45) is 0 Å². The van der Waals surface area contributed by atoms with E-state index in [1.807, 2.05) is 30.3 Å². The second-order valence-corrected chi connectivity index (χ2v) is 5.25. The number of nitriles is 1. The molecule has 0 aliphatic rings. The second-order valence-electron chi connectivity index (χ2n) is 5.25. The lowest BCUT2D eigenvalue weighted by atomic mass is 10.1. The van der Waals surface area contributed by atoms with Gasteiger partial charge in [0.05, 0.1) is 30.3 Å². The number of ether oxygens (including phenoxy) is 2. The molecule has 126 valence electrons. The molecule has 2 aromatic carbocycles. The highest BCUT2D eigenvalue weighted by Crippen LogP contribution is 2.29. The number of allylic oxidation sites excluding steroid dienone is 1. The number of benzene rings is 2. The number of fused-ring (bicyclic) bond motifs is 1. The first-order valence-corrected chi connectivity index (χ1v) is 7.73. The Morgan fingerprint density at radius 3 is 2.84 bits per heavy atom. The van der Waals surface area contributed by atoms with Crippen molar-refractivity contribution >= 4 is 22.7 Å². The number of H-pyrrole nitrogens is 1. The highest BCUT2D eigenvalue weighted by Gasteiger charge is 2.09. The van der Waals surface area contributed by atoms with E-state index in [-0.39, 0.29) is 13.2 Å². The zero-order valence-corrected chi connectivity index (χ0v) is 13.7. The molecule has 0 spiro atoms. The molecule has 0 fully saturated rings. The van der Waals surface area contributed by atoms with Gasteiger partial charge in [-0.2, -0.15) is 5.26 Å². The molecule has 0 aliphatic heterocycles. The fraction of sp³-hybridized carbons (Fsp3) is 0.158. The van der Waals surface area contributed by atoms with Gasteiger partial charge in [0.1, 0.15) is 18.5 Å². The van der Waals surface area contributed by atoms with Gasteiger partial charge in [0.15, 0.2) is 11.5 Å². The summed E-state index contributed by atoms with van der Waals surface area (Å²) in [6, 6.07) is 15.1. The highest BCUT2D eigenvalue weighted by atomic mass is 16.5. The fourth-order valence-corrected chi connectivity index (χ4v) is 2.45. The minimum absolute atomic E-state index is 0.0740. The first-order chi connectivity index (χ1) is 12.2. The summed E-state index contributed by atoms with van der Waals surface area (Å²) in [5.41, 5.74) is 2.89. The lowest BCUT2D eigenvalue weighted by molar-refractivity contribution is 0.196. The molecule has 6 heteroatoms. The predicted octanol–water partition coefficient (Wildman–Crippen LogP) is 3.01. The molecule has 0 bridgehead atoms. The largest absolute Gasteiger partial charge is 0.493 e. The van der Waals surface area contributed by atoms with Crippen LogP contribution < -0.4 is 9.47 Å². The molecule has 3 aromatic rings. The minimum Gasteiger partial charge on any atom is -0.493 e. The van der Waals surface area contributed by atoms with Crippen LogP contribution in [0.15, 0.2) is 42.5 Å². The van der Waals surface area contributed by atoms with Crippen LogP contribution in [0, 0.1) is 11.3 Å². The first kappa shape index (κ1) is 16.6. The van der Waals surface area contributed by atoms with Gasteiger partial charge in [0, 0.05) is 0 Å². The lowest BCUT2D eigenvalue weighted by Gasteiger charge is -2.10. The van der Waals surface area contributed by atoms with E-state index >= 15 is 0 Å². The molecule has 0 aliphatic carbocycles. The lowest BCUT2D eigenvalue weighted by Crippen LogP contribution is -2.03. The average molecular weight is 335 g/mol. The Morgan fingerprint density at radius 2 is 2.12 bits per heavy atom. The smallest absolute Gasteiger partial charge is 0.161 e. The summed E-state index contributed by atoms with van der Waals surface area (Å²) < 4.78 is 10.7. The molecule has 6 nitrogen and oxygen atoms in total. The molecule has 3 rings (SSSR count). The van der Waals surface area contributed by atoms with Gasteiger partial charge in [-0.3, -0.25) is 0 Å². The quantitative estimate of drug-likeness (QED) is 0.676. The van der Waals surface area contributed by atoms with Crippen LogP contribution in [0.3, 0.4) is 0 Å². The number of nitrogens with zero attached hydrogens (tertiary/aromatic N) is 2. The van der Waals surface area contributed by atoms with Gasteiger partial charge in [0.25, 0.3) is 0 Å². The van der Waals surface area contributed by atoms with Gasteiger partial charge in [-0.1, -0.05) is 18.2 Å². The molecule has 0 saturated heterocycles. The summed E-state index contributed by atoms with van der Waals surface area (Å²) in [5, 5.41) is 18.4. The van der Waals surface area contributed by atoms with Crippen molar-refractivity contribution in [3.05, 3.63) is 53.9 Å². The number of para-hydroxylation sites is 2. The van der Waals surface area contributed by atoms with Crippen molar-refractivity contribution in [2.75, 3.05) is 20.3 Å². The van der Waals surface area contributed by atoms with Crippen molar-refractivity contribution in [2.45, 2.75) is 0 Å². The normalized spacial score (nSPS) is 11.3. The molecule has 0 radical (unpaired) electrons. The number of aromatic nitrogens is 2. The zero-order valence-electron chi connectivity index (χ0n) is 13.7. The van der Waals surface area contributed by atoms with Crippen LogP contribution in [-0.2, 0) is 0 Å². The summed E-state index contributed by atoms with van der Waals surface area (Å²) in [7, 11) is 1.54. The Bertz CT molecular complexity index is 921. The van der Waals surface area contributed by atoms with E-state index in [0.29, 0.717) is 22.9 Å². The maximum absolute atomic E-state index is 9.50. The van der Waals surface area contributed by atoms with Crippen molar-refractivity contribution in [3.8, 4) is 17.6 Å². The van der Waals surface area contributed by atoms with Crippen LogP contribution in [0.2, 0.25) is 0 Å². The van der Waals surface area contributed by atoms with Crippen LogP contribution in [0.5, 0.6) is 11.5 Å². The number of methoxy groups -OCH3 is 1. The molecule has 0 amide bonds. The van der Waals surface area contributed by atoms with Gasteiger partial charge < -0.3 is 19.6 Å². The first-order valence-electron chi connectivity index (χ1n) is 7.73. The Balaban J connectivity index is 1.95. The number of aromatic amines is 1. The highest BCUT2D eigenvalue weighted by molar-refractivity contribution is 5.90. The summed E-state index contributed by atoms with van der Waals surface area (Å²) in [4.78, 5) is 7.60. The number of aliphatic hydroxyl groups excluding tert-OH is 1. The predicted molar refractivity (Wildman–Crippen MR) is 95.2 cm³/mol. The minimum atomic E-state index is -0.0740. The maximum atomic E-state index is 9.50. The number of rotatable bonds is 6. The monoisotopic (exact) mass is 335 g/mol. The summed E-state index contributed by atoms with van der Waals surface area (Å²) in [6.07, 6.45) is 1.73. The molecular formula is C19H17N3O3. The Hall–Kier alpha value is -3.30. The number of hydrogen-bond donors (Lipinski definition) is 2. The Labute approximate surface area is 145 Å². The van der Waals surface area contributed by atoms with Gasteiger partial charge in [-0.05, 0) is 35.9 Å². The van der Waals surface area contributed by atoms with Crippen LogP contribution in [0.25, 0.3) is 22.7 Å². The average Bonchev–Trinajstić information content (AvgIpc) is 3.08. The third-order valence-electron chi connectivity index (χ3n) is 3.61. The van der Waals surface area contributed by atoms with E-state index in [1.165, 1.54) is 0 Å². The van der Waals surface area contributed by atoms with E-state index in [2.05, 4.69) is 16.0 Å². The van der Waals surface area contributed by atoms with Crippen LogP contribution in [0.4, 0.5) is 0 Å². The van der Waals surface area contributed by atoms with Crippen LogP contribution in [-0.4, -0.2) is 35.4 Å². The number of hydrogen-bond acceptors (Lipinski definition) is 5. The molecule has 1 aromatic heterocycles. The van der Waals surface area contributed by atoms with Gasteiger partial charge >= 0.3 is 0 Å². The van der Waals surface area contributed by atoms with Crippen LogP contribution in [0.1, 0.15) is 11.4 Å². The summed E-state index contributed by atoms with van der Waals surface area (Å²) >= 11 is 0. The van der Waals surface area contributed by atoms with Gasteiger partial charge in [-0.25, -0.2) is 4.98 Å². The standard InChI is InChI=1S/C19H17N3O3/c1-24-18-11-13(6-7-17(18)25-9-8-23)10-14(12-20)19-21-15-4-2-3-5-16(15)22-19/h2-7,10-11,23H,8-9H2,1H3,(H,21,22)/b14-10+. The third-order valence-corrected chi connectivity index (χ3v) is 3.61. The van der Waals surface area contributed by atoms with E-state index in [1.54, 1.807) is 25.3 Å². The van der Waals surface area contributed by atoms with E-state index in [9.17, 15) is 5.26 Å². The van der Waals surface area contributed by atoms with Crippen molar-refractivity contribution < 1.29 is 14.6 Å². The molecule has 0 atom stereocenters. The Morgan fingerprint density at radius 1 is 1.28 bits per heavy atom. The van der Waals surface area contributed by atoms with Crippen LogP contribution >= 0.6 is 0 Å². The van der Waals surface area contributed by atoms with Crippen molar-refractivity contribution in [3.63, 3.8) is 0 Å². The number of aliphatic hydroxyl groups is 1. The summed E-state index contributed by atoms with van der Waals surface area (Å²) in [5.74, 6) is 1.59. The summed E-state index contributed by atoms with van der Waals surface area (Å²) in [6.45, 7) is 0.115. The molecular weight excluding hydrogens is 318 g/mol. The zero-order chi connectivity index (χ0) is 17.6. The van der Waals surface area contributed by atoms with E-state index in [0.717, 1.165) is 16.6 Å². The van der Waals surface area contributed by atoms with E-state index in [4.69, 9.17) is 14.6 Å². The maximum Gasteiger partial charge on any atom is 0.161 e. The molecule has 0 saturated carbocycles. The SMILES string of the molecule is COc1cc(/C=C(\C#N)c2nc3ccccc3[nH]2)ccc1OCCO. The molecule has 25 heavy (non-hydrogen) atoms. The third kappa shape index (κ3) is 3.62. The van der Waals surface area contributed by atoms with Gasteiger partial charge in [0.2, 0.25) is 0 Å². The number of nitrogens with one attached hydrogen (secondary N) is 1. The molecule has 1 heterocycles. The topological polar surface area (TPSA) is 91.2 Å². The second kappa shape index (κ2) is 7.51. The van der Waals surface area contributed by atoms with Crippen molar-refractivity contribution in [1.82, 2.24) is 9.97 Å². The van der Waals surface area contributed by atoms with Crippen molar-refractivity contribution in [1.29, 1.82) is 5.26 Å². The molecule has 2 N–H and O–H groups in total.